The Hall–Kier alpha value is -3.09. The normalized spacial score (nSPS) is 10.3. The predicted molar refractivity (Wildman–Crippen MR) is 74.6 cm³/mol. The molecule has 1 amide bonds. The van der Waals surface area contributed by atoms with Crippen molar-refractivity contribution in [3.05, 3.63) is 66.5 Å². The molecule has 0 aromatic carbocycles. The van der Waals surface area contributed by atoms with Crippen molar-refractivity contribution < 1.29 is 4.79 Å². The first kappa shape index (κ1) is 12.9. The van der Waals surface area contributed by atoms with Crippen molar-refractivity contribution in [1.29, 1.82) is 0 Å². The van der Waals surface area contributed by atoms with Crippen LogP contribution in [-0.4, -0.2) is 30.9 Å². The van der Waals surface area contributed by atoms with Crippen LogP contribution < -0.4 is 5.32 Å². The van der Waals surface area contributed by atoms with E-state index in [1.165, 1.54) is 0 Å². The van der Waals surface area contributed by atoms with Crippen LogP contribution in [0.15, 0.2) is 55.2 Å². The highest BCUT2D eigenvalue weighted by atomic mass is 16.1. The maximum Gasteiger partial charge on any atom is 0.251 e. The average molecular weight is 280 g/mol. The van der Waals surface area contributed by atoms with E-state index in [-0.39, 0.29) is 5.91 Å². The summed E-state index contributed by atoms with van der Waals surface area (Å²) in [5.74, 6) is -0.173. The molecular formula is C14H12N6O. The van der Waals surface area contributed by atoms with E-state index in [9.17, 15) is 4.79 Å². The van der Waals surface area contributed by atoms with E-state index in [0.29, 0.717) is 17.8 Å². The number of rotatable bonds is 4. The van der Waals surface area contributed by atoms with Gasteiger partial charge in [-0.15, -0.1) is 5.10 Å². The van der Waals surface area contributed by atoms with Gasteiger partial charge in [0, 0.05) is 24.2 Å². The summed E-state index contributed by atoms with van der Waals surface area (Å²) in [6.07, 6.45) is 8.29. The highest BCUT2D eigenvalue weighted by Crippen LogP contribution is 2.04. The largest absolute Gasteiger partial charge is 0.346 e. The van der Waals surface area contributed by atoms with Gasteiger partial charge in [0.25, 0.3) is 5.91 Å². The van der Waals surface area contributed by atoms with Gasteiger partial charge < -0.3 is 5.32 Å². The molecule has 0 atom stereocenters. The summed E-state index contributed by atoms with van der Waals surface area (Å²) in [6, 6.07) is 7.01. The molecule has 0 fully saturated rings. The first-order valence-electron chi connectivity index (χ1n) is 6.33. The topological polar surface area (TPSA) is 85.6 Å². The van der Waals surface area contributed by atoms with Crippen LogP contribution >= 0.6 is 0 Å². The molecule has 0 saturated heterocycles. The number of nitrogens with one attached hydrogen (secondary N) is 1. The molecule has 0 bridgehead atoms. The zero-order valence-electron chi connectivity index (χ0n) is 11.0. The van der Waals surface area contributed by atoms with Gasteiger partial charge >= 0.3 is 0 Å². The Morgan fingerprint density at radius 1 is 1.14 bits per heavy atom. The van der Waals surface area contributed by atoms with Crippen molar-refractivity contribution in [2.24, 2.45) is 0 Å². The predicted octanol–water partition coefficient (Wildman–Crippen LogP) is 0.987. The fraction of sp³-hybridized carbons (Fsp3) is 0.0714. The molecule has 0 aliphatic carbocycles. The summed E-state index contributed by atoms with van der Waals surface area (Å²) >= 11 is 0. The molecule has 7 nitrogen and oxygen atoms in total. The van der Waals surface area contributed by atoms with Crippen molar-refractivity contribution >= 4 is 5.91 Å². The second-order valence-corrected chi connectivity index (χ2v) is 4.28. The fourth-order valence-corrected chi connectivity index (χ4v) is 1.77. The minimum absolute atomic E-state index is 0.173. The quantitative estimate of drug-likeness (QED) is 0.770. The molecule has 0 aliphatic rings. The Balaban J connectivity index is 1.64. The third kappa shape index (κ3) is 3.08. The van der Waals surface area contributed by atoms with Crippen LogP contribution in [0.3, 0.4) is 0 Å². The maximum atomic E-state index is 11.9. The van der Waals surface area contributed by atoms with Gasteiger partial charge in [-0.2, -0.15) is 0 Å². The Morgan fingerprint density at radius 3 is 2.76 bits per heavy atom. The molecule has 0 saturated carbocycles. The number of carbonyl (C=O) groups excluding carboxylic acids is 1. The van der Waals surface area contributed by atoms with Gasteiger partial charge in [0.1, 0.15) is 5.69 Å². The van der Waals surface area contributed by atoms with Crippen LogP contribution in [0.5, 0.6) is 0 Å². The summed E-state index contributed by atoms with van der Waals surface area (Å²) < 4.78 is 1.61. The summed E-state index contributed by atoms with van der Waals surface area (Å²) in [6.45, 7) is 0.307. The Morgan fingerprint density at radius 2 is 2.00 bits per heavy atom. The van der Waals surface area contributed by atoms with E-state index >= 15 is 0 Å². The first-order chi connectivity index (χ1) is 10.3. The number of aromatic nitrogens is 5. The van der Waals surface area contributed by atoms with Gasteiger partial charge in [0.2, 0.25) is 0 Å². The van der Waals surface area contributed by atoms with Gasteiger partial charge in [0.05, 0.1) is 24.6 Å². The highest BCUT2D eigenvalue weighted by molar-refractivity contribution is 5.93. The van der Waals surface area contributed by atoms with Gasteiger partial charge in [-0.1, -0.05) is 5.21 Å². The molecule has 0 spiro atoms. The van der Waals surface area contributed by atoms with Gasteiger partial charge in [-0.3, -0.25) is 14.8 Å². The summed E-state index contributed by atoms with van der Waals surface area (Å²) in [7, 11) is 0. The lowest BCUT2D eigenvalue weighted by Gasteiger charge is -2.02. The zero-order valence-corrected chi connectivity index (χ0v) is 11.0. The number of pyridine rings is 2. The fourth-order valence-electron chi connectivity index (χ4n) is 1.77. The zero-order chi connectivity index (χ0) is 14.5. The Bertz CT molecular complexity index is 725. The van der Waals surface area contributed by atoms with Crippen molar-refractivity contribution in [3.63, 3.8) is 0 Å². The van der Waals surface area contributed by atoms with E-state index in [2.05, 4.69) is 25.6 Å². The minimum atomic E-state index is -0.173. The molecule has 0 radical (unpaired) electrons. The molecule has 3 rings (SSSR count). The van der Waals surface area contributed by atoms with E-state index in [0.717, 1.165) is 5.69 Å². The average Bonchev–Trinajstić information content (AvgIpc) is 3.03. The molecule has 3 aromatic heterocycles. The van der Waals surface area contributed by atoms with E-state index in [4.69, 9.17) is 0 Å². The minimum Gasteiger partial charge on any atom is -0.346 e. The van der Waals surface area contributed by atoms with E-state index in [1.807, 2.05) is 12.1 Å². The van der Waals surface area contributed by atoms with Crippen LogP contribution in [0.2, 0.25) is 0 Å². The number of carbonyl (C=O) groups is 1. The smallest absolute Gasteiger partial charge is 0.251 e. The number of nitrogens with zero attached hydrogens (tertiary/aromatic N) is 5. The van der Waals surface area contributed by atoms with Crippen molar-refractivity contribution in [2.45, 2.75) is 6.54 Å². The molecule has 104 valence electrons. The Kier molecular flexibility index (Phi) is 3.64. The first-order valence-corrected chi connectivity index (χ1v) is 6.33. The molecule has 3 aromatic rings. The molecule has 0 unspecified atom stereocenters. The lowest BCUT2D eigenvalue weighted by molar-refractivity contribution is 0.0950. The summed E-state index contributed by atoms with van der Waals surface area (Å²) in [5, 5.41) is 10.8. The second kappa shape index (κ2) is 5.91. The molecule has 3 heterocycles. The second-order valence-electron chi connectivity index (χ2n) is 4.28. The molecule has 21 heavy (non-hydrogen) atoms. The number of hydrogen-bond donors (Lipinski definition) is 1. The maximum absolute atomic E-state index is 11.9. The van der Waals surface area contributed by atoms with Crippen LogP contribution in [-0.2, 0) is 6.54 Å². The standard InChI is InChI=1S/C14H12N6O/c21-14(11-3-6-15-7-4-11)17-8-12-10-20(19-18-12)13-2-1-5-16-9-13/h1-7,9-10H,8H2,(H,17,21). The van der Waals surface area contributed by atoms with Gasteiger partial charge in [-0.25, -0.2) is 4.68 Å². The van der Waals surface area contributed by atoms with Gasteiger partial charge in [0.15, 0.2) is 0 Å². The third-order valence-electron chi connectivity index (χ3n) is 2.82. The number of amides is 1. The monoisotopic (exact) mass is 280 g/mol. The van der Waals surface area contributed by atoms with Crippen LogP contribution in [0, 0.1) is 0 Å². The third-order valence-corrected chi connectivity index (χ3v) is 2.82. The van der Waals surface area contributed by atoms with Crippen molar-refractivity contribution in [1.82, 2.24) is 30.3 Å². The number of hydrogen-bond acceptors (Lipinski definition) is 5. The highest BCUT2D eigenvalue weighted by Gasteiger charge is 2.07. The van der Waals surface area contributed by atoms with Crippen LogP contribution in [0.4, 0.5) is 0 Å². The van der Waals surface area contributed by atoms with Crippen LogP contribution in [0.25, 0.3) is 5.69 Å². The molecule has 0 aliphatic heterocycles. The van der Waals surface area contributed by atoms with Crippen LogP contribution in [0.1, 0.15) is 16.1 Å². The van der Waals surface area contributed by atoms with Gasteiger partial charge in [-0.05, 0) is 24.3 Å². The SMILES string of the molecule is O=C(NCc1cn(-c2cccnc2)nn1)c1ccncc1. The van der Waals surface area contributed by atoms with E-state index in [1.54, 1.807) is 47.8 Å². The van der Waals surface area contributed by atoms with E-state index < -0.39 is 0 Å². The Labute approximate surface area is 120 Å². The molecule has 7 heteroatoms. The lowest BCUT2D eigenvalue weighted by atomic mass is 10.2. The molecular weight excluding hydrogens is 268 g/mol. The summed E-state index contributed by atoms with van der Waals surface area (Å²) in [4.78, 5) is 19.8. The van der Waals surface area contributed by atoms with Crippen molar-refractivity contribution in [2.75, 3.05) is 0 Å². The summed E-state index contributed by atoms with van der Waals surface area (Å²) in [5.41, 5.74) is 2.04. The lowest BCUT2D eigenvalue weighted by Crippen LogP contribution is -2.22. The molecule has 1 N–H and O–H groups in total. The van der Waals surface area contributed by atoms with Crippen molar-refractivity contribution in [3.8, 4) is 5.69 Å².